The Bertz CT molecular complexity index is 483. The third-order valence-corrected chi connectivity index (χ3v) is 2.36. The van der Waals surface area contributed by atoms with Crippen LogP contribution in [0.1, 0.15) is 5.56 Å². The van der Waals surface area contributed by atoms with Crippen LogP contribution in [0.5, 0.6) is 11.5 Å². The van der Waals surface area contributed by atoms with Gasteiger partial charge in [0.05, 0.1) is 6.61 Å². The average molecular weight is 231 g/mol. The summed E-state index contributed by atoms with van der Waals surface area (Å²) in [5.41, 5.74) is 0.785. The van der Waals surface area contributed by atoms with Gasteiger partial charge < -0.3 is 4.74 Å². The molecule has 1 radical (unpaired) electrons. The van der Waals surface area contributed by atoms with Crippen molar-refractivity contribution in [1.29, 1.82) is 0 Å². The van der Waals surface area contributed by atoms with E-state index in [-0.39, 0.29) is 12.4 Å². The summed E-state index contributed by atoms with van der Waals surface area (Å²) in [5, 5.41) is 10.5. The van der Waals surface area contributed by atoms with E-state index in [4.69, 9.17) is 4.74 Å². The molecule has 87 valence electrons. The number of rotatable bonds is 4. The SMILES string of the molecule is [O]CCc1ccc(F)c(Oc2ccccc2)c1. The molecular formula is C14H12FO2. The molecule has 2 rings (SSSR count). The molecule has 0 aliphatic heterocycles. The predicted octanol–water partition coefficient (Wildman–Crippen LogP) is 3.59. The average Bonchev–Trinajstić information content (AvgIpc) is 2.35. The van der Waals surface area contributed by atoms with Crippen LogP contribution in [0.2, 0.25) is 0 Å². The minimum atomic E-state index is -0.427. The van der Waals surface area contributed by atoms with Crippen LogP contribution in [0.4, 0.5) is 4.39 Å². The summed E-state index contributed by atoms with van der Waals surface area (Å²) in [7, 11) is 0. The minimum absolute atomic E-state index is 0.155. The maximum Gasteiger partial charge on any atom is 0.165 e. The van der Waals surface area contributed by atoms with Crippen LogP contribution in [-0.2, 0) is 11.5 Å². The van der Waals surface area contributed by atoms with Crippen molar-refractivity contribution in [3.8, 4) is 11.5 Å². The summed E-state index contributed by atoms with van der Waals surface area (Å²) in [4.78, 5) is 0. The molecule has 0 N–H and O–H groups in total. The predicted molar refractivity (Wildman–Crippen MR) is 62.2 cm³/mol. The number of benzene rings is 2. The number of hydrogen-bond acceptors (Lipinski definition) is 1. The third-order valence-electron chi connectivity index (χ3n) is 2.36. The molecule has 0 unspecified atom stereocenters. The summed E-state index contributed by atoms with van der Waals surface area (Å²) in [5.74, 6) is 0.302. The van der Waals surface area contributed by atoms with Gasteiger partial charge in [-0.25, -0.2) is 9.50 Å². The zero-order valence-corrected chi connectivity index (χ0v) is 9.23. The molecule has 0 saturated heterocycles. The van der Waals surface area contributed by atoms with E-state index in [0.717, 1.165) is 5.56 Å². The van der Waals surface area contributed by atoms with Crippen molar-refractivity contribution in [2.24, 2.45) is 0 Å². The third kappa shape index (κ3) is 3.04. The largest absolute Gasteiger partial charge is 0.454 e. The van der Waals surface area contributed by atoms with Crippen LogP contribution in [0.25, 0.3) is 0 Å². The maximum absolute atomic E-state index is 13.5. The fourth-order valence-corrected chi connectivity index (χ4v) is 1.51. The van der Waals surface area contributed by atoms with Gasteiger partial charge in [-0.15, -0.1) is 0 Å². The highest BCUT2D eigenvalue weighted by Crippen LogP contribution is 2.25. The fraction of sp³-hybridized carbons (Fsp3) is 0.143. The first kappa shape index (κ1) is 11.6. The van der Waals surface area contributed by atoms with E-state index >= 15 is 0 Å². The lowest BCUT2D eigenvalue weighted by Crippen LogP contribution is -1.93. The molecule has 0 saturated carbocycles. The Balaban J connectivity index is 2.22. The van der Waals surface area contributed by atoms with E-state index in [0.29, 0.717) is 12.2 Å². The van der Waals surface area contributed by atoms with E-state index in [1.807, 2.05) is 18.2 Å². The van der Waals surface area contributed by atoms with Crippen LogP contribution >= 0.6 is 0 Å². The zero-order chi connectivity index (χ0) is 12.1. The van der Waals surface area contributed by atoms with Gasteiger partial charge in [-0.1, -0.05) is 24.3 Å². The minimum Gasteiger partial charge on any atom is -0.454 e. The molecule has 2 aromatic rings. The summed E-state index contributed by atoms with van der Waals surface area (Å²) in [6.07, 6.45) is 0.380. The van der Waals surface area contributed by atoms with Crippen molar-refractivity contribution in [3.63, 3.8) is 0 Å². The second kappa shape index (κ2) is 5.46. The van der Waals surface area contributed by atoms with Crippen LogP contribution < -0.4 is 4.74 Å². The normalized spacial score (nSPS) is 10.2. The molecule has 0 bridgehead atoms. The van der Waals surface area contributed by atoms with Crippen molar-refractivity contribution in [3.05, 3.63) is 59.9 Å². The molecule has 3 heteroatoms. The lowest BCUT2D eigenvalue weighted by Gasteiger charge is -2.08. The molecule has 0 amide bonds. The Labute approximate surface area is 99.3 Å². The van der Waals surface area contributed by atoms with Crippen molar-refractivity contribution in [2.45, 2.75) is 6.42 Å². The van der Waals surface area contributed by atoms with Gasteiger partial charge in [-0.05, 0) is 36.2 Å². The molecule has 0 atom stereocenters. The topological polar surface area (TPSA) is 29.1 Å². The van der Waals surface area contributed by atoms with Crippen molar-refractivity contribution in [1.82, 2.24) is 0 Å². The Kier molecular flexibility index (Phi) is 3.73. The summed E-state index contributed by atoms with van der Waals surface area (Å²) in [6.45, 7) is -0.212. The fourth-order valence-electron chi connectivity index (χ4n) is 1.51. The second-order valence-electron chi connectivity index (χ2n) is 3.63. The monoisotopic (exact) mass is 231 g/mol. The van der Waals surface area contributed by atoms with Gasteiger partial charge in [-0.3, -0.25) is 0 Å². The number of halogens is 1. The smallest absolute Gasteiger partial charge is 0.165 e. The van der Waals surface area contributed by atoms with Gasteiger partial charge >= 0.3 is 0 Å². The van der Waals surface area contributed by atoms with Gasteiger partial charge in [0.25, 0.3) is 0 Å². The van der Waals surface area contributed by atoms with E-state index in [2.05, 4.69) is 0 Å². The van der Waals surface area contributed by atoms with Crippen LogP contribution in [0.15, 0.2) is 48.5 Å². The van der Waals surface area contributed by atoms with E-state index in [1.54, 1.807) is 24.3 Å². The first-order valence-electron chi connectivity index (χ1n) is 5.39. The molecule has 0 spiro atoms. The zero-order valence-electron chi connectivity index (χ0n) is 9.23. The molecule has 17 heavy (non-hydrogen) atoms. The molecular weight excluding hydrogens is 219 g/mol. The van der Waals surface area contributed by atoms with Crippen LogP contribution in [0.3, 0.4) is 0 Å². The molecule has 0 heterocycles. The Morgan fingerprint density at radius 2 is 1.82 bits per heavy atom. The Hall–Kier alpha value is -1.87. The Morgan fingerprint density at radius 3 is 2.53 bits per heavy atom. The second-order valence-corrected chi connectivity index (χ2v) is 3.63. The quantitative estimate of drug-likeness (QED) is 0.790. The molecule has 2 aromatic carbocycles. The first-order valence-corrected chi connectivity index (χ1v) is 5.39. The lowest BCUT2D eigenvalue weighted by atomic mass is 10.1. The standard InChI is InChI=1S/C14H12FO2/c15-13-7-6-11(8-9-16)10-14(13)17-12-4-2-1-3-5-12/h1-7,10H,8-9H2. The van der Waals surface area contributed by atoms with Crippen molar-refractivity contribution >= 4 is 0 Å². The number of ether oxygens (including phenoxy) is 1. The highest BCUT2D eigenvalue weighted by Gasteiger charge is 2.06. The highest BCUT2D eigenvalue weighted by molar-refractivity contribution is 5.35. The van der Waals surface area contributed by atoms with E-state index in [1.165, 1.54) is 6.07 Å². The van der Waals surface area contributed by atoms with Gasteiger partial charge in [0.1, 0.15) is 5.75 Å². The van der Waals surface area contributed by atoms with Crippen LogP contribution in [-0.4, -0.2) is 6.61 Å². The maximum atomic E-state index is 13.5. The number of hydrogen-bond donors (Lipinski definition) is 0. The van der Waals surface area contributed by atoms with Gasteiger partial charge in [0, 0.05) is 0 Å². The first-order chi connectivity index (χ1) is 8.29. The van der Waals surface area contributed by atoms with Crippen molar-refractivity contribution < 1.29 is 14.2 Å². The summed E-state index contributed by atoms with van der Waals surface area (Å²) >= 11 is 0. The summed E-state index contributed by atoms with van der Waals surface area (Å²) in [6, 6.07) is 13.5. The van der Waals surface area contributed by atoms with Crippen molar-refractivity contribution in [2.75, 3.05) is 6.61 Å². The molecule has 0 aliphatic rings. The van der Waals surface area contributed by atoms with Crippen LogP contribution in [0, 0.1) is 5.82 Å². The Morgan fingerprint density at radius 1 is 1.06 bits per heavy atom. The lowest BCUT2D eigenvalue weighted by molar-refractivity contribution is 0.197. The molecule has 0 aliphatic carbocycles. The number of para-hydroxylation sites is 1. The molecule has 2 nitrogen and oxygen atoms in total. The van der Waals surface area contributed by atoms with E-state index in [9.17, 15) is 9.50 Å². The van der Waals surface area contributed by atoms with E-state index < -0.39 is 5.82 Å². The highest BCUT2D eigenvalue weighted by atomic mass is 19.1. The molecule has 0 fully saturated rings. The van der Waals surface area contributed by atoms with Gasteiger partial charge in [0.15, 0.2) is 11.6 Å². The van der Waals surface area contributed by atoms with Gasteiger partial charge in [0.2, 0.25) is 0 Å². The summed E-state index contributed by atoms with van der Waals surface area (Å²) < 4.78 is 18.9. The van der Waals surface area contributed by atoms with Gasteiger partial charge in [-0.2, -0.15) is 0 Å². The molecule has 0 aromatic heterocycles.